The van der Waals surface area contributed by atoms with Crippen LogP contribution in [0.2, 0.25) is 0 Å². The maximum absolute atomic E-state index is 13.6. The molecule has 1 aromatic heterocycles. The fraction of sp³-hybridized carbons (Fsp3) is 0.500. The molecule has 2 heterocycles. The quantitative estimate of drug-likeness (QED) is 0.446. The highest BCUT2D eigenvalue weighted by atomic mass is 32.2. The van der Waals surface area contributed by atoms with Gasteiger partial charge in [-0.2, -0.15) is 0 Å². The number of hydrogen-bond donors (Lipinski definition) is 2. The first-order valence-corrected chi connectivity index (χ1v) is 15.0. The van der Waals surface area contributed by atoms with Crippen LogP contribution in [0.25, 0.3) is 0 Å². The Morgan fingerprint density at radius 2 is 1.84 bits per heavy atom. The van der Waals surface area contributed by atoms with Crippen LogP contribution in [0.5, 0.6) is 0 Å². The van der Waals surface area contributed by atoms with Gasteiger partial charge in [-0.1, -0.05) is 12.1 Å². The van der Waals surface area contributed by atoms with Crippen LogP contribution in [0, 0.1) is 0 Å². The van der Waals surface area contributed by atoms with Crippen molar-refractivity contribution in [1.82, 2.24) is 10.2 Å². The Kier molecular flexibility index (Phi) is 9.42. The number of amides is 2. The molecule has 0 saturated heterocycles. The van der Waals surface area contributed by atoms with Crippen LogP contribution in [0.15, 0.2) is 30.3 Å². The van der Waals surface area contributed by atoms with Gasteiger partial charge in [0.05, 0.1) is 19.3 Å². The van der Waals surface area contributed by atoms with Crippen LogP contribution >= 0.6 is 11.3 Å². The van der Waals surface area contributed by atoms with Crippen molar-refractivity contribution in [3.63, 3.8) is 0 Å². The second-order valence-corrected chi connectivity index (χ2v) is 13.1. The van der Waals surface area contributed by atoms with Gasteiger partial charge in [0.25, 0.3) is 0 Å². The molecule has 3 rings (SSSR count). The van der Waals surface area contributed by atoms with E-state index in [0.29, 0.717) is 31.8 Å². The summed E-state index contributed by atoms with van der Waals surface area (Å²) in [6.45, 7) is 8.18. The van der Waals surface area contributed by atoms with Gasteiger partial charge in [0, 0.05) is 35.0 Å². The molecule has 1 aromatic carbocycles. The standard InChI is InChI=1S/C26H35N3O7S2/c1-6-35-23(30)15-20-14-18-16-29(12-11-22(18)37-20)24(31)21(27-25(32)36-26(2,3)4)13-17-7-9-19(10-8-17)28-38(5,33)34/h7-10,14,21,28H,6,11-13,15-16H2,1-5H3,(H,27,32). The van der Waals surface area contributed by atoms with Crippen molar-refractivity contribution in [1.29, 1.82) is 0 Å². The van der Waals surface area contributed by atoms with E-state index in [1.165, 1.54) is 0 Å². The fourth-order valence-electron chi connectivity index (χ4n) is 4.05. The van der Waals surface area contributed by atoms with E-state index in [9.17, 15) is 22.8 Å². The summed E-state index contributed by atoms with van der Waals surface area (Å²) in [5.74, 6) is -0.531. The highest BCUT2D eigenvalue weighted by molar-refractivity contribution is 7.92. The van der Waals surface area contributed by atoms with Crippen molar-refractivity contribution < 1.29 is 32.3 Å². The highest BCUT2D eigenvalue weighted by Gasteiger charge is 2.31. The van der Waals surface area contributed by atoms with Crippen molar-refractivity contribution in [2.75, 3.05) is 24.1 Å². The summed E-state index contributed by atoms with van der Waals surface area (Å²) in [4.78, 5) is 41.8. The number of hydrogen-bond acceptors (Lipinski definition) is 8. The van der Waals surface area contributed by atoms with Gasteiger partial charge in [-0.15, -0.1) is 11.3 Å². The summed E-state index contributed by atoms with van der Waals surface area (Å²) in [7, 11) is -3.42. The van der Waals surface area contributed by atoms with Gasteiger partial charge in [-0.25, -0.2) is 13.2 Å². The van der Waals surface area contributed by atoms with Crippen LogP contribution in [0.3, 0.4) is 0 Å². The zero-order chi connectivity index (χ0) is 28.1. The molecule has 10 nitrogen and oxygen atoms in total. The molecule has 1 aliphatic rings. The molecule has 2 aromatic rings. The lowest BCUT2D eigenvalue weighted by atomic mass is 10.0. The Labute approximate surface area is 227 Å². The van der Waals surface area contributed by atoms with Crippen LogP contribution in [-0.4, -0.2) is 62.3 Å². The summed E-state index contributed by atoms with van der Waals surface area (Å²) in [5, 5.41) is 2.72. The number of esters is 1. The molecular weight excluding hydrogens is 530 g/mol. The Morgan fingerprint density at radius 3 is 2.45 bits per heavy atom. The molecule has 1 unspecified atom stereocenters. The number of fused-ring (bicyclic) bond motifs is 1. The monoisotopic (exact) mass is 565 g/mol. The molecule has 0 aliphatic carbocycles. The number of alkyl carbamates (subject to hydrolysis) is 1. The minimum absolute atomic E-state index is 0.193. The number of nitrogens with one attached hydrogen (secondary N) is 2. The summed E-state index contributed by atoms with van der Waals surface area (Å²) in [6.07, 6.45) is 1.42. The minimum Gasteiger partial charge on any atom is -0.466 e. The molecular formula is C26H35N3O7S2. The van der Waals surface area contributed by atoms with Crippen molar-refractivity contribution in [2.45, 2.75) is 65.1 Å². The average molecular weight is 566 g/mol. The smallest absolute Gasteiger partial charge is 0.408 e. The fourth-order valence-corrected chi connectivity index (χ4v) is 5.77. The lowest BCUT2D eigenvalue weighted by molar-refractivity contribution is -0.142. The molecule has 0 saturated carbocycles. The van der Waals surface area contributed by atoms with E-state index < -0.39 is 27.8 Å². The number of carbonyl (C=O) groups excluding carboxylic acids is 3. The molecule has 38 heavy (non-hydrogen) atoms. The van der Waals surface area contributed by atoms with E-state index in [0.717, 1.165) is 27.1 Å². The van der Waals surface area contributed by atoms with Gasteiger partial charge < -0.3 is 19.7 Å². The van der Waals surface area contributed by atoms with E-state index in [1.807, 2.05) is 6.07 Å². The van der Waals surface area contributed by atoms with E-state index >= 15 is 0 Å². The van der Waals surface area contributed by atoms with Crippen molar-refractivity contribution in [3.8, 4) is 0 Å². The number of carbonyl (C=O) groups is 3. The van der Waals surface area contributed by atoms with Crippen molar-refractivity contribution in [3.05, 3.63) is 51.2 Å². The summed E-state index contributed by atoms with van der Waals surface area (Å²) < 4.78 is 35.8. The number of sulfonamides is 1. The molecule has 0 radical (unpaired) electrons. The largest absolute Gasteiger partial charge is 0.466 e. The Morgan fingerprint density at radius 1 is 1.16 bits per heavy atom. The van der Waals surface area contributed by atoms with Gasteiger partial charge in [0.2, 0.25) is 15.9 Å². The average Bonchev–Trinajstić information content (AvgIpc) is 3.18. The van der Waals surface area contributed by atoms with E-state index in [2.05, 4.69) is 10.0 Å². The first-order valence-electron chi connectivity index (χ1n) is 12.3. The normalized spacial score (nSPS) is 14.3. The number of thiophene rings is 1. The molecule has 2 N–H and O–H groups in total. The van der Waals surface area contributed by atoms with Gasteiger partial charge in [-0.3, -0.25) is 14.3 Å². The molecule has 2 amide bonds. The lowest BCUT2D eigenvalue weighted by Crippen LogP contribution is -2.51. The number of ether oxygens (including phenoxy) is 2. The SMILES string of the molecule is CCOC(=O)Cc1cc2c(s1)CCN(C(=O)C(Cc1ccc(NS(C)(=O)=O)cc1)NC(=O)OC(C)(C)C)C2. The van der Waals surface area contributed by atoms with E-state index in [-0.39, 0.29) is 24.7 Å². The zero-order valence-electron chi connectivity index (χ0n) is 22.3. The molecule has 0 fully saturated rings. The third-order valence-corrected chi connectivity index (χ3v) is 7.38. The van der Waals surface area contributed by atoms with Gasteiger partial charge >= 0.3 is 12.1 Å². The Balaban J connectivity index is 1.75. The third kappa shape index (κ3) is 9.02. The summed E-state index contributed by atoms with van der Waals surface area (Å²) in [5.41, 5.74) is 1.39. The topological polar surface area (TPSA) is 131 Å². The number of anilines is 1. The molecule has 1 aliphatic heterocycles. The molecule has 0 bridgehead atoms. The van der Waals surface area contributed by atoms with E-state index in [1.54, 1.807) is 68.2 Å². The van der Waals surface area contributed by atoms with Crippen LogP contribution in [0.1, 0.15) is 48.6 Å². The summed E-state index contributed by atoms with van der Waals surface area (Å²) >= 11 is 1.56. The second-order valence-electron chi connectivity index (χ2n) is 10.1. The Bertz CT molecular complexity index is 1260. The Hall–Kier alpha value is -3.12. The van der Waals surface area contributed by atoms with Crippen LogP contribution in [0.4, 0.5) is 10.5 Å². The third-order valence-electron chi connectivity index (χ3n) is 5.54. The zero-order valence-corrected chi connectivity index (χ0v) is 24.0. The number of rotatable bonds is 9. The maximum Gasteiger partial charge on any atom is 0.408 e. The molecule has 0 spiro atoms. The van der Waals surface area contributed by atoms with Crippen molar-refractivity contribution in [2.24, 2.45) is 0 Å². The first-order chi connectivity index (χ1) is 17.7. The van der Waals surface area contributed by atoms with Gasteiger partial charge in [-0.05, 0) is 63.4 Å². The van der Waals surface area contributed by atoms with E-state index in [4.69, 9.17) is 9.47 Å². The maximum atomic E-state index is 13.6. The van der Waals surface area contributed by atoms with Crippen LogP contribution < -0.4 is 10.0 Å². The first kappa shape index (κ1) is 29.4. The van der Waals surface area contributed by atoms with Gasteiger partial charge in [0.1, 0.15) is 11.6 Å². The molecule has 12 heteroatoms. The van der Waals surface area contributed by atoms with Gasteiger partial charge in [0.15, 0.2) is 0 Å². The predicted octanol–water partition coefficient (Wildman–Crippen LogP) is 3.25. The number of benzene rings is 1. The number of nitrogens with zero attached hydrogens (tertiary/aromatic N) is 1. The van der Waals surface area contributed by atoms with Crippen LogP contribution in [-0.2, 0) is 54.9 Å². The highest BCUT2D eigenvalue weighted by Crippen LogP contribution is 2.29. The minimum atomic E-state index is -3.42. The second kappa shape index (κ2) is 12.2. The molecule has 208 valence electrons. The summed E-state index contributed by atoms with van der Waals surface area (Å²) in [6, 6.07) is 7.68. The predicted molar refractivity (Wildman–Crippen MR) is 146 cm³/mol. The van der Waals surface area contributed by atoms with Crippen molar-refractivity contribution >= 4 is 45.0 Å². The molecule has 1 atom stereocenters. The lowest BCUT2D eigenvalue weighted by Gasteiger charge is -2.31.